The summed E-state index contributed by atoms with van der Waals surface area (Å²) in [5, 5.41) is 4.44. The Bertz CT molecular complexity index is 1480. The van der Waals surface area contributed by atoms with Gasteiger partial charge in [-0.15, -0.1) is 0 Å². The molecule has 6 nitrogen and oxygen atoms in total. The summed E-state index contributed by atoms with van der Waals surface area (Å²) in [5.41, 5.74) is -2.32. The lowest BCUT2D eigenvalue weighted by Crippen LogP contribution is -2.43. The Balaban J connectivity index is 1.60. The highest BCUT2D eigenvalue weighted by Crippen LogP contribution is 2.49. The van der Waals surface area contributed by atoms with Gasteiger partial charge in [-0.05, 0) is 82.5 Å². The maximum Gasteiger partial charge on any atom is 0.435 e. The van der Waals surface area contributed by atoms with Crippen molar-refractivity contribution in [3.63, 3.8) is 0 Å². The minimum Gasteiger partial charge on any atom is -0.374 e. The van der Waals surface area contributed by atoms with Gasteiger partial charge in [-0.1, -0.05) is 46.0 Å². The summed E-state index contributed by atoms with van der Waals surface area (Å²) in [7, 11) is 0. The maximum atomic E-state index is 14.3. The van der Waals surface area contributed by atoms with Crippen LogP contribution in [-0.4, -0.2) is 28.7 Å². The first-order chi connectivity index (χ1) is 17.7. The summed E-state index contributed by atoms with van der Waals surface area (Å²) in [6, 6.07) is 12.1. The third-order valence-electron chi connectivity index (χ3n) is 5.91. The van der Waals surface area contributed by atoms with Gasteiger partial charge in [0, 0.05) is 37.6 Å². The van der Waals surface area contributed by atoms with E-state index < -0.39 is 30.0 Å². The van der Waals surface area contributed by atoms with Gasteiger partial charge in [0.2, 0.25) is 0 Å². The van der Waals surface area contributed by atoms with Gasteiger partial charge in [0.05, 0.1) is 10.7 Å². The topological polar surface area (TPSA) is 85.0 Å². The summed E-state index contributed by atoms with van der Waals surface area (Å²) in [5.74, 6) is 4.19. The molecule has 1 heterocycles. The van der Waals surface area contributed by atoms with Gasteiger partial charge in [0.1, 0.15) is 0 Å². The lowest BCUT2D eigenvalue weighted by atomic mass is 9.86. The number of nitrogens with zero attached hydrogens (tertiary/aromatic N) is 2. The molecule has 1 aliphatic rings. The number of halogens is 7. The van der Waals surface area contributed by atoms with E-state index in [1.165, 1.54) is 42.5 Å². The number of aryl methyl sites for hydroxylation is 1. The van der Waals surface area contributed by atoms with Crippen LogP contribution in [-0.2, 0) is 10.4 Å². The van der Waals surface area contributed by atoms with Crippen LogP contribution in [0.4, 0.5) is 13.2 Å². The van der Waals surface area contributed by atoms with Crippen molar-refractivity contribution in [3.8, 4) is 0 Å². The summed E-state index contributed by atoms with van der Waals surface area (Å²) in [6.45, 7) is 1.55. The first kappa shape index (κ1) is 28.4. The van der Waals surface area contributed by atoms with E-state index in [2.05, 4.69) is 21.1 Å². The van der Waals surface area contributed by atoms with Crippen molar-refractivity contribution in [2.75, 3.05) is 0 Å². The molecule has 1 aliphatic heterocycles. The second-order valence-electron chi connectivity index (χ2n) is 8.43. The first-order valence-corrected chi connectivity index (χ1v) is 12.6. The zero-order valence-electron chi connectivity index (χ0n) is 19.2. The second-order valence-corrected chi connectivity index (χ2v) is 10.6. The Morgan fingerprint density at radius 3 is 2.26 bits per heavy atom. The van der Waals surface area contributed by atoms with Crippen molar-refractivity contribution in [2.24, 2.45) is 11.0 Å². The molecule has 0 aromatic heterocycles. The van der Waals surface area contributed by atoms with Crippen LogP contribution in [0.5, 0.6) is 0 Å². The number of hydrogen-bond donors (Lipinski definition) is 1. The van der Waals surface area contributed by atoms with Crippen LogP contribution in [0.3, 0.4) is 0 Å². The SMILES string of the molecule is Cc1cc(C2=NOC(c3cc(Cl)cc(Cl)c3)(C(F)(F)F)C2)ccc1C(=O)N(N)C(=O)c1ccc(Br)c(Cl)c1. The zero-order chi connectivity index (χ0) is 28.0. The summed E-state index contributed by atoms with van der Waals surface area (Å²) >= 11 is 21.1. The number of hydrogen-bond acceptors (Lipinski definition) is 5. The Morgan fingerprint density at radius 2 is 1.68 bits per heavy atom. The Hall–Kier alpha value is -2.63. The maximum absolute atomic E-state index is 14.3. The van der Waals surface area contributed by atoms with Crippen LogP contribution in [0.1, 0.15) is 43.8 Å². The van der Waals surface area contributed by atoms with E-state index >= 15 is 0 Å². The number of alkyl halides is 3. The number of nitrogens with two attached hydrogens (primary N) is 1. The van der Waals surface area contributed by atoms with Crippen molar-refractivity contribution < 1.29 is 27.6 Å². The molecule has 13 heteroatoms. The minimum absolute atomic E-state index is 0.00860. The molecule has 0 saturated carbocycles. The van der Waals surface area contributed by atoms with E-state index in [-0.39, 0.29) is 43.0 Å². The average Bonchev–Trinajstić information content (AvgIpc) is 3.31. The fourth-order valence-corrected chi connectivity index (χ4v) is 4.87. The van der Waals surface area contributed by atoms with Crippen molar-refractivity contribution in [3.05, 3.63) is 102 Å². The van der Waals surface area contributed by atoms with Gasteiger partial charge in [-0.3, -0.25) is 9.59 Å². The zero-order valence-corrected chi connectivity index (χ0v) is 23.1. The lowest BCUT2D eigenvalue weighted by Gasteiger charge is -2.29. The molecule has 3 aromatic carbocycles. The summed E-state index contributed by atoms with van der Waals surface area (Å²) in [6.07, 6.45) is -5.51. The van der Waals surface area contributed by atoms with Crippen LogP contribution in [0, 0.1) is 6.92 Å². The average molecular weight is 650 g/mol. The van der Waals surface area contributed by atoms with E-state index in [4.69, 9.17) is 45.5 Å². The molecular formula is C25H16BrCl3F3N3O3. The number of benzene rings is 3. The number of hydrazine groups is 1. The molecule has 38 heavy (non-hydrogen) atoms. The predicted octanol–water partition coefficient (Wildman–Crippen LogP) is 7.46. The van der Waals surface area contributed by atoms with Gasteiger partial charge in [0.15, 0.2) is 0 Å². The minimum atomic E-state index is -4.85. The Labute approximate surface area is 238 Å². The number of imide groups is 1. The van der Waals surface area contributed by atoms with Gasteiger partial charge >= 0.3 is 6.18 Å². The fourth-order valence-electron chi connectivity index (χ4n) is 3.92. The van der Waals surface area contributed by atoms with Crippen molar-refractivity contribution in [2.45, 2.75) is 25.1 Å². The van der Waals surface area contributed by atoms with E-state index in [0.29, 0.717) is 15.0 Å². The second kappa shape index (κ2) is 10.5. The van der Waals surface area contributed by atoms with E-state index in [1.807, 2.05) is 0 Å². The molecule has 0 bridgehead atoms. The lowest BCUT2D eigenvalue weighted by molar-refractivity contribution is -0.275. The molecule has 0 aliphatic carbocycles. The highest BCUT2D eigenvalue weighted by atomic mass is 79.9. The van der Waals surface area contributed by atoms with Gasteiger partial charge < -0.3 is 4.84 Å². The number of carbonyl (C=O) groups is 2. The molecule has 0 saturated heterocycles. The molecule has 0 radical (unpaired) electrons. The standard InChI is InChI=1S/C25H16BrCl3F3N3O3/c1-12-6-13(2-4-18(12)23(37)35(33)22(36)14-3-5-19(26)20(29)7-14)21-11-24(38-34-21,25(30,31)32)15-8-16(27)10-17(28)9-15/h2-10H,11,33H2,1H3. The molecule has 1 unspecified atom stereocenters. The third kappa shape index (κ3) is 5.28. The number of oxime groups is 1. The largest absolute Gasteiger partial charge is 0.435 e. The van der Waals surface area contributed by atoms with Gasteiger partial charge in [-0.25, -0.2) is 10.9 Å². The number of amides is 2. The smallest absolute Gasteiger partial charge is 0.374 e. The van der Waals surface area contributed by atoms with Crippen LogP contribution in [0.25, 0.3) is 0 Å². The van der Waals surface area contributed by atoms with Crippen LogP contribution in [0.2, 0.25) is 15.1 Å². The molecule has 198 valence electrons. The predicted molar refractivity (Wildman–Crippen MR) is 141 cm³/mol. The molecule has 3 aromatic rings. The van der Waals surface area contributed by atoms with E-state index in [9.17, 15) is 22.8 Å². The Kier molecular flexibility index (Phi) is 7.84. The summed E-state index contributed by atoms with van der Waals surface area (Å²) < 4.78 is 43.3. The quantitative estimate of drug-likeness (QED) is 0.138. The molecular weight excluding hydrogens is 634 g/mol. The van der Waals surface area contributed by atoms with E-state index in [0.717, 1.165) is 12.1 Å². The molecule has 4 rings (SSSR count). The van der Waals surface area contributed by atoms with E-state index in [1.54, 1.807) is 6.92 Å². The van der Waals surface area contributed by atoms with Crippen LogP contribution < -0.4 is 5.84 Å². The summed E-state index contributed by atoms with van der Waals surface area (Å²) in [4.78, 5) is 30.7. The van der Waals surface area contributed by atoms with Gasteiger partial charge in [-0.2, -0.15) is 13.2 Å². The van der Waals surface area contributed by atoms with Crippen molar-refractivity contribution in [1.82, 2.24) is 5.01 Å². The highest BCUT2D eigenvalue weighted by Gasteiger charge is 2.62. The number of rotatable bonds is 4. The monoisotopic (exact) mass is 647 g/mol. The molecule has 2 N–H and O–H groups in total. The first-order valence-electron chi connectivity index (χ1n) is 10.7. The molecule has 1 atom stereocenters. The van der Waals surface area contributed by atoms with Crippen molar-refractivity contribution >= 4 is 68.3 Å². The molecule has 0 fully saturated rings. The normalized spacial score (nSPS) is 17.1. The van der Waals surface area contributed by atoms with Gasteiger partial charge in [0.25, 0.3) is 17.4 Å². The van der Waals surface area contributed by atoms with Crippen LogP contribution in [0.15, 0.2) is 64.2 Å². The Morgan fingerprint density at radius 1 is 1.03 bits per heavy atom. The van der Waals surface area contributed by atoms with Crippen molar-refractivity contribution in [1.29, 1.82) is 0 Å². The highest BCUT2D eigenvalue weighted by molar-refractivity contribution is 9.10. The van der Waals surface area contributed by atoms with Crippen LogP contribution >= 0.6 is 50.7 Å². The number of carbonyl (C=O) groups excluding carboxylic acids is 2. The molecule has 2 amide bonds. The third-order valence-corrected chi connectivity index (χ3v) is 7.58. The molecule has 0 spiro atoms. The fraction of sp³-hybridized carbons (Fsp3) is 0.160.